The average molecular weight is 363 g/mol. The van der Waals surface area contributed by atoms with E-state index in [-0.39, 0.29) is 10.7 Å². The maximum absolute atomic E-state index is 11.6. The monoisotopic (exact) mass is 362 g/mol. The van der Waals surface area contributed by atoms with Crippen LogP contribution in [0.15, 0.2) is 53.4 Å². The normalized spacial score (nSPS) is 18.9. The molecule has 4 nitrogen and oxygen atoms in total. The van der Waals surface area contributed by atoms with Gasteiger partial charge in [0.05, 0.1) is 10.6 Å². The van der Waals surface area contributed by atoms with E-state index in [2.05, 4.69) is 4.98 Å². The van der Waals surface area contributed by atoms with Crippen LogP contribution in [-0.4, -0.2) is 15.7 Å². The van der Waals surface area contributed by atoms with Gasteiger partial charge in [-0.25, -0.2) is 4.98 Å². The minimum atomic E-state index is -0.338. The number of thioether (sulfide) groups is 2. The van der Waals surface area contributed by atoms with Crippen molar-refractivity contribution in [3.05, 3.63) is 59.1 Å². The van der Waals surface area contributed by atoms with E-state index in [9.17, 15) is 4.79 Å². The Labute approximate surface area is 146 Å². The highest BCUT2D eigenvalue weighted by Crippen LogP contribution is 2.58. The number of pyridine rings is 1. The Bertz CT molecular complexity index is 826. The summed E-state index contributed by atoms with van der Waals surface area (Å²) in [6, 6.07) is 13.6. The van der Waals surface area contributed by atoms with Crippen LogP contribution in [0.4, 0.5) is 5.69 Å². The number of fused-ring (bicyclic) bond motifs is 3. The summed E-state index contributed by atoms with van der Waals surface area (Å²) in [6.45, 7) is 1.41. The van der Waals surface area contributed by atoms with Gasteiger partial charge in [-0.15, -0.1) is 0 Å². The molecule has 1 aromatic heterocycles. The quantitative estimate of drug-likeness (QED) is 0.576. The smallest absolute Gasteiger partial charge is 0.309 e. The molecule has 116 valence electrons. The lowest BCUT2D eigenvalue weighted by atomic mass is 10.2. The van der Waals surface area contributed by atoms with Crippen LogP contribution in [0.2, 0.25) is 5.15 Å². The van der Waals surface area contributed by atoms with Gasteiger partial charge in [0.2, 0.25) is 5.88 Å². The van der Waals surface area contributed by atoms with Crippen molar-refractivity contribution in [3.63, 3.8) is 0 Å². The fourth-order valence-electron chi connectivity index (χ4n) is 2.50. The van der Waals surface area contributed by atoms with Gasteiger partial charge < -0.3 is 4.74 Å². The lowest BCUT2D eigenvalue weighted by Gasteiger charge is -2.19. The van der Waals surface area contributed by atoms with Crippen molar-refractivity contribution in [3.8, 4) is 0 Å². The standard InChI is InChI=1S/C16H11ClN2O2S2/c1-9(20)21-15-13(10-5-3-2-4-6-10)22-16-19(15)11-7-8-12(17)18-14(11)23-16/h2-8,16H,1H3. The number of hydrogen-bond donors (Lipinski definition) is 0. The number of aromatic nitrogens is 1. The molecule has 1 atom stereocenters. The number of hydrogen-bond acceptors (Lipinski definition) is 6. The van der Waals surface area contributed by atoms with Crippen molar-refractivity contribution in [2.75, 3.05) is 4.90 Å². The number of carbonyl (C=O) groups is 1. The van der Waals surface area contributed by atoms with E-state index >= 15 is 0 Å². The average Bonchev–Trinajstić information content (AvgIpc) is 3.04. The number of halogens is 1. The molecule has 0 radical (unpaired) electrons. The van der Waals surface area contributed by atoms with Gasteiger partial charge >= 0.3 is 5.97 Å². The van der Waals surface area contributed by atoms with Crippen molar-refractivity contribution < 1.29 is 9.53 Å². The van der Waals surface area contributed by atoms with Crippen LogP contribution in [0, 0.1) is 0 Å². The number of nitrogens with zero attached hydrogens (tertiary/aromatic N) is 2. The largest absolute Gasteiger partial charge is 0.408 e. The molecule has 0 bridgehead atoms. The molecule has 0 aliphatic carbocycles. The van der Waals surface area contributed by atoms with Crippen LogP contribution in [0.3, 0.4) is 0 Å². The predicted octanol–water partition coefficient (Wildman–Crippen LogP) is 4.57. The summed E-state index contributed by atoms with van der Waals surface area (Å²) in [4.78, 5) is 18.9. The molecule has 2 aliphatic rings. The Balaban J connectivity index is 1.83. The maximum Gasteiger partial charge on any atom is 0.309 e. The summed E-state index contributed by atoms with van der Waals surface area (Å²) in [5.41, 5.74) is 1.95. The van der Waals surface area contributed by atoms with Crippen LogP contribution in [0.1, 0.15) is 12.5 Å². The van der Waals surface area contributed by atoms with Crippen LogP contribution in [0.5, 0.6) is 0 Å². The molecule has 0 N–H and O–H groups in total. The summed E-state index contributed by atoms with van der Waals surface area (Å²) < 4.78 is 5.61. The fraction of sp³-hybridized carbons (Fsp3) is 0.125. The number of rotatable bonds is 2. The zero-order chi connectivity index (χ0) is 16.0. The molecule has 1 aromatic carbocycles. The van der Waals surface area contributed by atoms with Gasteiger partial charge in [0.1, 0.15) is 14.9 Å². The van der Waals surface area contributed by atoms with Gasteiger partial charge in [-0.2, -0.15) is 0 Å². The van der Waals surface area contributed by atoms with Crippen molar-refractivity contribution in [2.24, 2.45) is 0 Å². The summed E-state index contributed by atoms with van der Waals surface area (Å²) >= 11 is 9.24. The van der Waals surface area contributed by atoms with E-state index in [0.29, 0.717) is 11.0 Å². The highest BCUT2D eigenvalue weighted by molar-refractivity contribution is 8.22. The van der Waals surface area contributed by atoms with Gasteiger partial charge in [0.15, 0.2) is 0 Å². The summed E-state index contributed by atoms with van der Waals surface area (Å²) in [5, 5.41) is 1.32. The first kappa shape index (κ1) is 14.9. The first-order valence-electron chi connectivity index (χ1n) is 6.91. The molecule has 2 aromatic rings. The fourth-order valence-corrected chi connectivity index (χ4v) is 5.42. The lowest BCUT2D eigenvalue weighted by Crippen LogP contribution is -2.24. The first-order chi connectivity index (χ1) is 11.1. The molecule has 0 saturated carbocycles. The molecular formula is C16H11ClN2O2S2. The highest BCUT2D eigenvalue weighted by atomic mass is 35.5. The highest BCUT2D eigenvalue weighted by Gasteiger charge is 2.43. The third-order valence-electron chi connectivity index (χ3n) is 3.40. The van der Waals surface area contributed by atoms with Crippen LogP contribution < -0.4 is 4.90 Å². The third-order valence-corrected chi connectivity index (χ3v) is 6.18. The molecule has 3 heterocycles. The number of carbonyl (C=O) groups excluding carboxylic acids is 1. The molecule has 0 fully saturated rings. The van der Waals surface area contributed by atoms with Crippen molar-refractivity contribution in [1.82, 2.24) is 4.98 Å². The second kappa shape index (κ2) is 5.78. The SMILES string of the molecule is CC(=O)OC1=C(c2ccccc2)SC2Sc3nc(Cl)ccc3N12. The molecule has 1 unspecified atom stereocenters. The lowest BCUT2D eigenvalue weighted by molar-refractivity contribution is -0.136. The second-order valence-corrected chi connectivity index (χ2v) is 7.81. The second-order valence-electron chi connectivity index (χ2n) is 4.96. The summed E-state index contributed by atoms with van der Waals surface area (Å²) in [6.07, 6.45) is 0. The number of ether oxygens (including phenoxy) is 1. The number of benzene rings is 1. The van der Waals surface area contributed by atoms with E-state index in [1.165, 1.54) is 6.92 Å². The van der Waals surface area contributed by atoms with Gasteiger partial charge in [-0.05, 0) is 17.7 Å². The molecule has 0 amide bonds. The van der Waals surface area contributed by atoms with Gasteiger partial charge in [-0.3, -0.25) is 9.69 Å². The Morgan fingerprint density at radius 2 is 2.00 bits per heavy atom. The first-order valence-corrected chi connectivity index (χ1v) is 9.04. The third kappa shape index (κ3) is 2.60. The minimum absolute atomic E-state index is 0.0560. The van der Waals surface area contributed by atoms with E-state index in [1.54, 1.807) is 29.6 Å². The zero-order valence-corrected chi connectivity index (χ0v) is 14.4. The minimum Gasteiger partial charge on any atom is -0.408 e. The van der Waals surface area contributed by atoms with Gasteiger partial charge in [-0.1, -0.05) is 65.5 Å². The molecule has 0 spiro atoms. The summed E-state index contributed by atoms with van der Waals surface area (Å²) in [7, 11) is 0. The topological polar surface area (TPSA) is 42.4 Å². The number of esters is 1. The Morgan fingerprint density at radius 1 is 1.22 bits per heavy atom. The number of anilines is 1. The Hall–Kier alpha value is -1.63. The zero-order valence-electron chi connectivity index (χ0n) is 12.0. The summed E-state index contributed by atoms with van der Waals surface area (Å²) in [5.74, 6) is 0.226. The van der Waals surface area contributed by atoms with E-state index in [0.717, 1.165) is 21.2 Å². The molecule has 4 rings (SSSR count). The Morgan fingerprint density at radius 3 is 2.74 bits per heavy atom. The van der Waals surface area contributed by atoms with Crippen molar-refractivity contribution in [1.29, 1.82) is 0 Å². The van der Waals surface area contributed by atoms with Crippen molar-refractivity contribution in [2.45, 2.75) is 16.7 Å². The molecular weight excluding hydrogens is 352 g/mol. The van der Waals surface area contributed by atoms with Crippen LogP contribution in [0.25, 0.3) is 4.91 Å². The van der Waals surface area contributed by atoms with Crippen molar-refractivity contribution >= 4 is 51.7 Å². The molecule has 23 heavy (non-hydrogen) atoms. The maximum atomic E-state index is 11.6. The van der Waals surface area contributed by atoms with E-state index in [1.807, 2.05) is 41.3 Å². The van der Waals surface area contributed by atoms with Gasteiger partial charge in [0, 0.05) is 6.92 Å². The Kier molecular flexibility index (Phi) is 3.75. The van der Waals surface area contributed by atoms with Crippen LogP contribution in [-0.2, 0) is 9.53 Å². The van der Waals surface area contributed by atoms with Crippen LogP contribution >= 0.6 is 35.1 Å². The molecule has 0 saturated heterocycles. The molecule has 7 heteroatoms. The van der Waals surface area contributed by atoms with E-state index < -0.39 is 0 Å². The van der Waals surface area contributed by atoms with E-state index in [4.69, 9.17) is 16.3 Å². The van der Waals surface area contributed by atoms with Gasteiger partial charge in [0.25, 0.3) is 0 Å². The molecule has 2 aliphatic heterocycles. The predicted molar refractivity (Wildman–Crippen MR) is 94.1 cm³/mol.